The van der Waals surface area contributed by atoms with Crippen molar-refractivity contribution in [2.45, 2.75) is 26.4 Å². The van der Waals surface area contributed by atoms with Gasteiger partial charge >= 0.3 is 0 Å². The molecule has 0 saturated heterocycles. The predicted octanol–water partition coefficient (Wildman–Crippen LogP) is 3.85. The molecule has 0 aliphatic carbocycles. The summed E-state index contributed by atoms with van der Waals surface area (Å²) < 4.78 is 19.0. The lowest BCUT2D eigenvalue weighted by Gasteiger charge is -2.26. The number of Topliss-reactive ketones (excluding diaryl/α,β-unsaturated/α-hetero) is 1. The molecule has 0 amide bonds. The summed E-state index contributed by atoms with van der Waals surface area (Å²) in [6, 6.07) is 7.60. The van der Waals surface area contributed by atoms with Crippen LogP contribution in [0.15, 0.2) is 30.3 Å². The topological polar surface area (TPSA) is 46.5 Å². The second-order valence-corrected chi connectivity index (χ2v) is 5.38. The Morgan fingerprint density at radius 1 is 1.19 bits per heavy atom. The average Bonchev–Trinajstić information content (AvgIpc) is 2.44. The molecular weight excluding hydrogens is 271 g/mol. The number of hydrogen-bond acceptors (Lipinski definition) is 3. The first kappa shape index (κ1) is 13.6. The summed E-state index contributed by atoms with van der Waals surface area (Å²) in [6.45, 7) is 3.61. The van der Waals surface area contributed by atoms with E-state index >= 15 is 0 Å². The number of ether oxygens (including phenoxy) is 1. The number of ketones is 1. The smallest absolute Gasteiger partial charge is 0.170 e. The third kappa shape index (κ3) is 2.37. The average molecular weight is 286 g/mol. The van der Waals surface area contributed by atoms with E-state index in [0.29, 0.717) is 11.3 Å². The highest BCUT2D eigenvalue weighted by Gasteiger charge is 2.28. The number of carbonyl (C=O) groups is 1. The van der Waals surface area contributed by atoms with Gasteiger partial charge in [0.05, 0.1) is 12.0 Å². The highest BCUT2D eigenvalue weighted by atomic mass is 19.1. The SMILES string of the molecule is Cc1cc(C2CC(=O)c3cc(F)ccc3O2)cc(C)c1O. The normalized spacial score (nSPS) is 17.3. The van der Waals surface area contributed by atoms with Crippen LogP contribution in [0.5, 0.6) is 11.5 Å². The van der Waals surface area contributed by atoms with Gasteiger partial charge in [-0.25, -0.2) is 4.39 Å². The number of phenolic OH excluding ortho intramolecular Hbond substituents is 1. The van der Waals surface area contributed by atoms with Crippen LogP contribution >= 0.6 is 0 Å². The van der Waals surface area contributed by atoms with Crippen LogP contribution < -0.4 is 4.74 Å². The van der Waals surface area contributed by atoms with Gasteiger partial charge in [0.25, 0.3) is 0 Å². The van der Waals surface area contributed by atoms with E-state index in [1.54, 1.807) is 13.8 Å². The monoisotopic (exact) mass is 286 g/mol. The molecule has 2 aromatic carbocycles. The second kappa shape index (κ2) is 4.88. The molecule has 3 rings (SSSR count). The molecule has 1 aliphatic heterocycles. The lowest BCUT2D eigenvalue weighted by Crippen LogP contribution is -2.20. The lowest BCUT2D eigenvalue weighted by atomic mass is 9.94. The van der Waals surface area contributed by atoms with Crippen LogP contribution in [0.2, 0.25) is 0 Å². The van der Waals surface area contributed by atoms with E-state index in [9.17, 15) is 14.3 Å². The maximum Gasteiger partial charge on any atom is 0.170 e. The van der Waals surface area contributed by atoms with E-state index in [2.05, 4.69) is 0 Å². The number of halogens is 1. The molecule has 0 saturated carbocycles. The minimum atomic E-state index is -0.444. The van der Waals surface area contributed by atoms with E-state index in [4.69, 9.17) is 4.74 Å². The third-order valence-corrected chi connectivity index (χ3v) is 3.77. The standard InChI is InChI=1S/C17H15FO3/c1-9-5-11(6-10(2)17(9)20)16-8-14(19)13-7-12(18)3-4-15(13)21-16/h3-7,16,20H,8H2,1-2H3. The summed E-state index contributed by atoms with van der Waals surface area (Å²) in [6.07, 6.45) is -0.242. The number of aromatic hydroxyl groups is 1. The molecule has 1 unspecified atom stereocenters. The summed E-state index contributed by atoms with van der Waals surface area (Å²) in [5, 5.41) is 9.82. The molecule has 1 N–H and O–H groups in total. The molecule has 3 nitrogen and oxygen atoms in total. The van der Waals surface area contributed by atoms with Crippen LogP contribution in [-0.4, -0.2) is 10.9 Å². The van der Waals surface area contributed by atoms with E-state index in [0.717, 1.165) is 16.7 Å². The number of hydrogen-bond donors (Lipinski definition) is 1. The summed E-state index contributed by atoms with van der Waals surface area (Å²) in [5.74, 6) is 0.0778. The summed E-state index contributed by atoms with van der Waals surface area (Å²) >= 11 is 0. The molecule has 0 aromatic heterocycles. The Morgan fingerprint density at radius 3 is 2.52 bits per heavy atom. The summed E-state index contributed by atoms with van der Waals surface area (Å²) in [5.41, 5.74) is 2.61. The quantitative estimate of drug-likeness (QED) is 0.866. The molecular formula is C17H15FO3. The number of fused-ring (bicyclic) bond motifs is 1. The minimum Gasteiger partial charge on any atom is -0.507 e. The van der Waals surface area contributed by atoms with Crippen LogP contribution in [0.1, 0.15) is 39.6 Å². The van der Waals surface area contributed by atoms with Gasteiger partial charge in [-0.15, -0.1) is 0 Å². The van der Waals surface area contributed by atoms with Crippen molar-refractivity contribution in [2.24, 2.45) is 0 Å². The van der Waals surface area contributed by atoms with Crippen molar-refractivity contribution < 1.29 is 19.0 Å². The molecule has 108 valence electrons. The fourth-order valence-electron chi connectivity index (χ4n) is 2.66. The molecule has 0 fully saturated rings. The number of aryl methyl sites for hydroxylation is 2. The van der Waals surface area contributed by atoms with Crippen molar-refractivity contribution in [3.63, 3.8) is 0 Å². The second-order valence-electron chi connectivity index (χ2n) is 5.38. The van der Waals surface area contributed by atoms with Gasteiger partial charge in [-0.2, -0.15) is 0 Å². The van der Waals surface area contributed by atoms with Crippen LogP contribution in [0.4, 0.5) is 4.39 Å². The molecule has 2 aromatic rings. The molecule has 1 heterocycles. The van der Waals surface area contributed by atoms with Crippen molar-refractivity contribution in [3.8, 4) is 11.5 Å². The van der Waals surface area contributed by atoms with Gasteiger partial charge in [0, 0.05) is 0 Å². The van der Waals surface area contributed by atoms with Crippen LogP contribution in [0.25, 0.3) is 0 Å². The van der Waals surface area contributed by atoms with Gasteiger partial charge < -0.3 is 9.84 Å². The Hall–Kier alpha value is -2.36. The fraction of sp³-hybridized carbons (Fsp3) is 0.235. The molecule has 0 bridgehead atoms. The predicted molar refractivity (Wildman–Crippen MR) is 76.3 cm³/mol. The number of rotatable bonds is 1. The number of phenols is 1. The van der Waals surface area contributed by atoms with Crippen molar-refractivity contribution in [2.75, 3.05) is 0 Å². The zero-order valence-corrected chi connectivity index (χ0v) is 11.8. The highest BCUT2D eigenvalue weighted by Crippen LogP contribution is 2.37. The summed E-state index contributed by atoms with van der Waals surface area (Å²) in [4.78, 5) is 12.2. The molecule has 1 aliphatic rings. The van der Waals surface area contributed by atoms with Gasteiger partial charge in [0.2, 0.25) is 0 Å². The zero-order valence-electron chi connectivity index (χ0n) is 11.8. The van der Waals surface area contributed by atoms with Crippen molar-refractivity contribution in [1.29, 1.82) is 0 Å². The van der Waals surface area contributed by atoms with Gasteiger partial charge in [0.1, 0.15) is 23.4 Å². The van der Waals surface area contributed by atoms with E-state index in [-0.39, 0.29) is 18.0 Å². The van der Waals surface area contributed by atoms with E-state index < -0.39 is 11.9 Å². The lowest BCUT2D eigenvalue weighted by molar-refractivity contribution is 0.0849. The van der Waals surface area contributed by atoms with Crippen LogP contribution in [0, 0.1) is 19.7 Å². The Morgan fingerprint density at radius 2 is 1.86 bits per heavy atom. The fourth-order valence-corrected chi connectivity index (χ4v) is 2.66. The molecule has 0 spiro atoms. The van der Waals surface area contributed by atoms with Crippen molar-refractivity contribution in [1.82, 2.24) is 0 Å². The largest absolute Gasteiger partial charge is 0.507 e. The first-order chi connectivity index (χ1) is 9.95. The van der Waals surface area contributed by atoms with Crippen molar-refractivity contribution in [3.05, 3.63) is 58.4 Å². The number of benzene rings is 2. The molecule has 1 atom stereocenters. The Balaban J connectivity index is 2.00. The van der Waals surface area contributed by atoms with E-state index in [1.165, 1.54) is 18.2 Å². The van der Waals surface area contributed by atoms with Gasteiger partial charge in [-0.3, -0.25) is 4.79 Å². The molecule has 4 heteroatoms. The summed E-state index contributed by atoms with van der Waals surface area (Å²) in [7, 11) is 0. The van der Waals surface area contributed by atoms with E-state index in [1.807, 2.05) is 12.1 Å². The van der Waals surface area contributed by atoms with Gasteiger partial charge in [-0.05, 0) is 60.9 Å². The Kier molecular flexibility index (Phi) is 3.16. The zero-order chi connectivity index (χ0) is 15.1. The Bertz CT molecular complexity index is 714. The maximum absolute atomic E-state index is 13.2. The highest BCUT2D eigenvalue weighted by molar-refractivity contribution is 6.00. The first-order valence-electron chi connectivity index (χ1n) is 6.75. The van der Waals surface area contributed by atoms with Crippen LogP contribution in [0.3, 0.4) is 0 Å². The minimum absolute atomic E-state index is 0.135. The van der Waals surface area contributed by atoms with Gasteiger partial charge in [-0.1, -0.05) is 0 Å². The van der Waals surface area contributed by atoms with Crippen molar-refractivity contribution >= 4 is 5.78 Å². The number of carbonyl (C=O) groups excluding carboxylic acids is 1. The molecule has 0 radical (unpaired) electrons. The Labute approximate surface area is 122 Å². The first-order valence-corrected chi connectivity index (χ1v) is 6.75. The molecule has 21 heavy (non-hydrogen) atoms. The van der Waals surface area contributed by atoms with Gasteiger partial charge in [0.15, 0.2) is 5.78 Å². The van der Waals surface area contributed by atoms with Crippen LogP contribution in [-0.2, 0) is 0 Å². The maximum atomic E-state index is 13.2. The third-order valence-electron chi connectivity index (χ3n) is 3.77.